The van der Waals surface area contributed by atoms with Crippen LogP contribution in [0.25, 0.3) is 20.8 Å². The minimum Gasteiger partial charge on any atom is -0.507 e. The first-order valence-electron chi connectivity index (χ1n) is 9.20. The van der Waals surface area contributed by atoms with Crippen LogP contribution in [0.1, 0.15) is 17.3 Å². The number of hydrogen-bond acceptors (Lipinski definition) is 6. The molecule has 0 bridgehead atoms. The molecule has 0 aliphatic heterocycles. The highest BCUT2D eigenvalue weighted by Gasteiger charge is 2.15. The summed E-state index contributed by atoms with van der Waals surface area (Å²) in [5.41, 5.74) is 2.20. The van der Waals surface area contributed by atoms with E-state index >= 15 is 0 Å². The normalized spacial score (nSPS) is 11.5. The van der Waals surface area contributed by atoms with E-state index in [1.54, 1.807) is 19.1 Å². The van der Waals surface area contributed by atoms with Gasteiger partial charge < -0.3 is 10.4 Å². The number of carbonyl (C=O) groups is 1. The standard InChI is InChI=1S/C22H18N2O4S2/c1-2-30(27,28)16-10-7-14(8-11-16)21(26)23-15-9-12-19(25)17(13-15)22-24-18-5-3-4-6-20(18)29-22/h3-13,25H,2H2,1H3,(H,23,26). The van der Waals surface area contributed by atoms with Crippen LogP contribution in [-0.4, -0.2) is 30.2 Å². The number of nitrogens with one attached hydrogen (secondary N) is 1. The van der Waals surface area contributed by atoms with E-state index in [9.17, 15) is 18.3 Å². The van der Waals surface area contributed by atoms with Gasteiger partial charge in [-0.2, -0.15) is 0 Å². The molecule has 30 heavy (non-hydrogen) atoms. The molecule has 2 N–H and O–H groups in total. The lowest BCUT2D eigenvalue weighted by atomic mass is 10.1. The number of fused-ring (bicyclic) bond motifs is 1. The average molecular weight is 439 g/mol. The second kappa shape index (κ2) is 7.89. The van der Waals surface area contributed by atoms with Crippen LogP contribution < -0.4 is 5.32 Å². The van der Waals surface area contributed by atoms with Crippen LogP contribution in [0.4, 0.5) is 5.69 Å². The molecule has 0 fully saturated rings. The molecule has 8 heteroatoms. The predicted octanol–water partition coefficient (Wildman–Crippen LogP) is 4.71. The smallest absolute Gasteiger partial charge is 0.255 e. The first-order chi connectivity index (χ1) is 14.4. The lowest BCUT2D eigenvalue weighted by molar-refractivity contribution is 0.102. The number of anilines is 1. The van der Waals surface area contributed by atoms with Crippen molar-refractivity contribution in [2.75, 3.05) is 11.1 Å². The van der Waals surface area contributed by atoms with Crippen molar-refractivity contribution in [1.29, 1.82) is 0 Å². The molecule has 0 atom stereocenters. The number of rotatable bonds is 5. The summed E-state index contributed by atoms with van der Waals surface area (Å²) in [5.74, 6) is -0.307. The van der Waals surface area contributed by atoms with Crippen molar-refractivity contribution in [1.82, 2.24) is 4.98 Å². The third kappa shape index (κ3) is 3.92. The summed E-state index contributed by atoms with van der Waals surface area (Å²) in [6.45, 7) is 1.57. The Morgan fingerprint density at radius 2 is 1.80 bits per heavy atom. The van der Waals surface area contributed by atoms with Crippen LogP contribution in [0.5, 0.6) is 5.75 Å². The van der Waals surface area contributed by atoms with Gasteiger partial charge in [0, 0.05) is 11.3 Å². The minimum atomic E-state index is -3.32. The van der Waals surface area contributed by atoms with Crippen molar-refractivity contribution in [3.63, 3.8) is 0 Å². The summed E-state index contributed by atoms with van der Waals surface area (Å²) in [6, 6.07) is 18.3. The van der Waals surface area contributed by atoms with Gasteiger partial charge in [0.1, 0.15) is 10.8 Å². The summed E-state index contributed by atoms with van der Waals surface area (Å²) in [5, 5.41) is 13.7. The van der Waals surface area contributed by atoms with Gasteiger partial charge in [-0.15, -0.1) is 11.3 Å². The SMILES string of the molecule is CCS(=O)(=O)c1ccc(C(=O)Nc2ccc(O)c(-c3nc4ccccc4s3)c2)cc1. The lowest BCUT2D eigenvalue weighted by Gasteiger charge is -2.09. The number of para-hydroxylation sites is 1. The Bertz CT molecular complexity index is 1310. The number of sulfone groups is 1. The molecule has 0 aliphatic carbocycles. The first kappa shape index (κ1) is 20.1. The molecule has 0 spiro atoms. The number of aromatic nitrogens is 1. The van der Waals surface area contributed by atoms with E-state index in [0.29, 0.717) is 21.8 Å². The number of phenolic OH excluding ortho intramolecular Hbond substituents is 1. The lowest BCUT2D eigenvalue weighted by Crippen LogP contribution is -2.12. The molecule has 6 nitrogen and oxygen atoms in total. The molecule has 0 aliphatic rings. The maximum Gasteiger partial charge on any atom is 0.255 e. The van der Waals surface area contributed by atoms with E-state index in [2.05, 4.69) is 10.3 Å². The maximum atomic E-state index is 12.6. The molecular formula is C22H18N2O4S2. The third-order valence-electron chi connectivity index (χ3n) is 4.63. The first-order valence-corrected chi connectivity index (χ1v) is 11.7. The number of thiazole rings is 1. The fraction of sp³-hybridized carbons (Fsp3) is 0.0909. The summed E-state index contributed by atoms with van der Waals surface area (Å²) >= 11 is 1.45. The van der Waals surface area contributed by atoms with Crippen molar-refractivity contribution >= 4 is 43.0 Å². The zero-order valence-electron chi connectivity index (χ0n) is 16.0. The van der Waals surface area contributed by atoms with E-state index in [-0.39, 0.29) is 22.3 Å². The molecule has 0 unspecified atom stereocenters. The quantitative estimate of drug-likeness (QED) is 0.440. The number of hydrogen-bond donors (Lipinski definition) is 2. The van der Waals surface area contributed by atoms with Gasteiger partial charge in [0.2, 0.25) is 0 Å². The molecule has 0 radical (unpaired) electrons. The van der Waals surface area contributed by atoms with Gasteiger partial charge in [-0.1, -0.05) is 19.1 Å². The molecule has 1 aromatic heterocycles. The van der Waals surface area contributed by atoms with Crippen LogP contribution in [-0.2, 0) is 9.84 Å². The zero-order valence-corrected chi connectivity index (χ0v) is 17.6. The van der Waals surface area contributed by atoms with E-state index in [1.807, 2.05) is 24.3 Å². The van der Waals surface area contributed by atoms with E-state index in [1.165, 1.54) is 41.7 Å². The van der Waals surface area contributed by atoms with Crippen molar-refractivity contribution in [3.05, 3.63) is 72.3 Å². The highest BCUT2D eigenvalue weighted by Crippen LogP contribution is 2.36. The maximum absolute atomic E-state index is 12.6. The Morgan fingerprint density at radius 3 is 2.50 bits per heavy atom. The van der Waals surface area contributed by atoms with Gasteiger partial charge >= 0.3 is 0 Å². The van der Waals surface area contributed by atoms with Crippen molar-refractivity contribution < 1.29 is 18.3 Å². The van der Waals surface area contributed by atoms with Crippen molar-refractivity contribution in [3.8, 4) is 16.3 Å². The van der Waals surface area contributed by atoms with Gasteiger partial charge in [-0.25, -0.2) is 13.4 Å². The summed E-state index contributed by atoms with van der Waals surface area (Å²) in [6.07, 6.45) is 0. The van der Waals surface area contributed by atoms with Gasteiger partial charge in [0.25, 0.3) is 5.91 Å². The molecule has 0 saturated heterocycles. The predicted molar refractivity (Wildman–Crippen MR) is 119 cm³/mol. The van der Waals surface area contributed by atoms with Gasteiger partial charge in [0.05, 0.1) is 26.4 Å². The number of benzene rings is 3. The monoisotopic (exact) mass is 438 g/mol. The van der Waals surface area contributed by atoms with Gasteiger partial charge in [-0.3, -0.25) is 4.79 Å². The zero-order chi connectivity index (χ0) is 21.3. The number of carbonyl (C=O) groups excluding carboxylic acids is 1. The second-order valence-electron chi connectivity index (χ2n) is 6.60. The second-order valence-corrected chi connectivity index (χ2v) is 9.91. The number of aromatic hydroxyl groups is 1. The van der Waals surface area contributed by atoms with Gasteiger partial charge in [0.15, 0.2) is 9.84 Å². The highest BCUT2D eigenvalue weighted by molar-refractivity contribution is 7.91. The van der Waals surface area contributed by atoms with E-state index < -0.39 is 9.84 Å². The van der Waals surface area contributed by atoms with Crippen LogP contribution >= 0.6 is 11.3 Å². The highest BCUT2D eigenvalue weighted by atomic mass is 32.2. The number of phenols is 1. The molecular weight excluding hydrogens is 420 g/mol. The van der Waals surface area contributed by atoms with Crippen LogP contribution in [0.2, 0.25) is 0 Å². The average Bonchev–Trinajstić information content (AvgIpc) is 3.19. The third-order valence-corrected chi connectivity index (χ3v) is 7.45. The largest absolute Gasteiger partial charge is 0.507 e. The van der Waals surface area contributed by atoms with Crippen LogP contribution in [0.15, 0.2) is 71.6 Å². The Kier molecular flexibility index (Phi) is 5.27. The number of amides is 1. The Labute approximate surface area is 177 Å². The van der Waals surface area contributed by atoms with Crippen LogP contribution in [0, 0.1) is 0 Å². The fourth-order valence-corrected chi connectivity index (χ4v) is 4.83. The molecule has 4 aromatic rings. The summed E-state index contributed by atoms with van der Waals surface area (Å²) < 4.78 is 24.8. The molecule has 152 valence electrons. The molecule has 0 saturated carbocycles. The number of nitrogens with zero attached hydrogens (tertiary/aromatic N) is 1. The Morgan fingerprint density at radius 1 is 1.07 bits per heavy atom. The topological polar surface area (TPSA) is 96.4 Å². The van der Waals surface area contributed by atoms with Crippen LogP contribution in [0.3, 0.4) is 0 Å². The summed E-state index contributed by atoms with van der Waals surface area (Å²) in [7, 11) is -3.32. The van der Waals surface area contributed by atoms with E-state index in [4.69, 9.17) is 0 Å². The minimum absolute atomic E-state index is 0.000590. The van der Waals surface area contributed by atoms with E-state index in [0.717, 1.165) is 10.2 Å². The summed E-state index contributed by atoms with van der Waals surface area (Å²) in [4.78, 5) is 17.3. The van der Waals surface area contributed by atoms with Crippen molar-refractivity contribution in [2.45, 2.75) is 11.8 Å². The molecule has 1 heterocycles. The molecule has 4 rings (SSSR count). The van der Waals surface area contributed by atoms with Gasteiger partial charge in [-0.05, 0) is 54.6 Å². The molecule has 1 amide bonds. The fourth-order valence-electron chi connectivity index (χ4n) is 2.96. The van der Waals surface area contributed by atoms with Crippen molar-refractivity contribution in [2.24, 2.45) is 0 Å². The Hall–Kier alpha value is -3.23. The Balaban J connectivity index is 1.59. The molecule has 3 aromatic carbocycles.